The Hall–Kier alpha value is -4.55. The number of nitrogens with one attached hydrogen (secondary N) is 1. The monoisotopic (exact) mass is 609 g/mol. The van der Waals surface area contributed by atoms with Gasteiger partial charge in [-0.05, 0) is 71.3 Å². The molecule has 0 radical (unpaired) electrons. The molecule has 4 aromatic carbocycles. The van der Waals surface area contributed by atoms with E-state index >= 15 is 0 Å². The SMILES string of the molecule is CCS(=O)(=O)c1ccc(-c2cc3cc(-c4ccc(OC)c(NS(=O)(=O)c5ccc(F)cc5F)c4)ccc3nc2N)cc1. The quantitative estimate of drug-likeness (QED) is 0.220. The van der Waals surface area contributed by atoms with E-state index in [1.54, 1.807) is 43.3 Å². The van der Waals surface area contributed by atoms with Gasteiger partial charge >= 0.3 is 0 Å². The highest BCUT2D eigenvalue weighted by Crippen LogP contribution is 2.35. The molecule has 1 aromatic heterocycles. The first-order chi connectivity index (χ1) is 19.9. The molecule has 8 nitrogen and oxygen atoms in total. The summed E-state index contributed by atoms with van der Waals surface area (Å²) in [6.45, 7) is 1.58. The Bertz CT molecular complexity index is 2050. The number of halogens is 2. The lowest BCUT2D eigenvalue weighted by atomic mass is 10.00. The number of nitrogens with two attached hydrogens (primary N) is 1. The van der Waals surface area contributed by atoms with Crippen LogP contribution in [0.1, 0.15) is 6.92 Å². The molecule has 216 valence electrons. The molecule has 0 unspecified atom stereocenters. The molecule has 5 aromatic rings. The van der Waals surface area contributed by atoms with E-state index in [9.17, 15) is 25.6 Å². The Kier molecular flexibility index (Phi) is 7.60. The van der Waals surface area contributed by atoms with Gasteiger partial charge in [0.15, 0.2) is 9.84 Å². The number of pyridine rings is 1. The standard InChI is InChI=1S/C30H25F2N3O5S2/c1-3-41(36,37)23-9-4-18(5-10-23)24-15-21-14-19(6-11-26(21)34-30(24)33)20-7-12-28(40-2)27(16-20)35-42(38,39)29-13-8-22(31)17-25(29)32/h4-17,35H,3H2,1-2H3,(H2,33,34). The van der Waals surface area contributed by atoms with E-state index < -0.39 is 36.4 Å². The van der Waals surface area contributed by atoms with Crippen LogP contribution in [0.4, 0.5) is 20.3 Å². The summed E-state index contributed by atoms with van der Waals surface area (Å²) in [6.07, 6.45) is 0. The third-order valence-electron chi connectivity index (χ3n) is 6.71. The number of sulfone groups is 1. The summed E-state index contributed by atoms with van der Waals surface area (Å²) in [5.41, 5.74) is 9.54. The minimum atomic E-state index is -4.42. The van der Waals surface area contributed by atoms with Crippen molar-refractivity contribution in [1.29, 1.82) is 0 Å². The maximum absolute atomic E-state index is 14.3. The number of rotatable bonds is 8. The molecule has 0 fully saturated rings. The number of aromatic nitrogens is 1. The average Bonchev–Trinajstić information content (AvgIpc) is 2.96. The summed E-state index contributed by atoms with van der Waals surface area (Å²) >= 11 is 0. The summed E-state index contributed by atoms with van der Waals surface area (Å²) in [5.74, 6) is -1.67. The van der Waals surface area contributed by atoms with Crippen LogP contribution < -0.4 is 15.2 Å². The third kappa shape index (κ3) is 5.63. The second-order valence-corrected chi connectivity index (χ2v) is 13.3. The Morgan fingerprint density at radius 1 is 0.833 bits per heavy atom. The minimum Gasteiger partial charge on any atom is -0.495 e. The van der Waals surface area contributed by atoms with Crippen molar-refractivity contribution >= 4 is 42.3 Å². The molecular formula is C30H25F2N3O5S2. The molecule has 0 spiro atoms. The molecule has 0 saturated carbocycles. The van der Waals surface area contributed by atoms with Crippen LogP contribution >= 0.6 is 0 Å². The number of nitrogen functional groups attached to an aromatic ring is 1. The highest BCUT2D eigenvalue weighted by Gasteiger charge is 2.22. The smallest absolute Gasteiger partial charge is 0.264 e. The molecule has 0 saturated heterocycles. The van der Waals surface area contributed by atoms with Gasteiger partial charge < -0.3 is 10.5 Å². The van der Waals surface area contributed by atoms with E-state index in [4.69, 9.17) is 10.5 Å². The molecule has 0 aliphatic rings. The number of hydrogen-bond donors (Lipinski definition) is 2. The zero-order valence-electron chi connectivity index (χ0n) is 22.4. The summed E-state index contributed by atoms with van der Waals surface area (Å²) in [6, 6.07) is 20.7. The Morgan fingerprint density at radius 2 is 1.50 bits per heavy atom. The second-order valence-electron chi connectivity index (χ2n) is 9.35. The number of fused-ring (bicyclic) bond motifs is 1. The number of hydrogen-bond acceptors (Lipinski definition) is 7. The Balaban J connectivity index is 1.53. The summed E-state index contributed by atoms with van der Waals surface area (Å²) in [4.78, 5) is 4.01. The summed E-state index contributed by atoms with van der Waals surface area (Å²) < 4.78 is 85.5. The molecule has 3 N–H and O–H groups in total. The van der Waals surface area contributed by atoms with Crippen molar-refractivity contribution in [3.63, 3.8) is 0 Å². The first kappa shape index (κ1) is 29.0. The number of anilines is 2. The lowest BCUT2D eigenvalue weighted by molar-refractivity contribution is 0.417. The topological polar surface area (TPSA) is 128 Å². The van der Waals surface area contributed by atoms with Crippen molar-refractivity contribution < 1.29 is 30.4 Å². The fourth-order valence-electron chi connectivity index (χ4n) is 4.47. The van der Waals surface area contributed by atoms with Gasteiger partial charge in [-0.25, -0.2) is 30.6 Å². The lowest BCUT2D eigenvalue weighted by Gasteiger charge is -2.14. The molecule has 42 heavy (non-hydrogen) atoms. The van der Waals surface area contributed by atoms with Gasteiger partial charge in [0.2, 0.25) is 0 Å². The number of benzene rings is 4. The third-order valence-corrected chi connectivity index (χ3v) is 9.86. The highest BCUT2D eigenvalue weighted by atomic mass is 32.2. The minimum absolute atomic E-state index is 0.00750. The van der Waals surface area contributed by atoms with Crippen molar-refractivity contribution in [1.82, 2.24) is 4.98 Å². The van der Waals surface area contributed by atoms with Gasteiger partial charge in [-0.2, -0.15) is 0 Å². The molecule has 1 heterocycles. The van der Waals surface area contributed by atoms with Gasteiger partial charge in [0.25, 0.3) is 10.0 Å². The van der Waals surface area contributed by atoms with Crippen LogP contribution in [0, 0.1) is 11.6 Å². The van der Waals surface area contributed by atoms with Crippen molar-refractivity contribution in [3.8, 4) is 28.0 Å². The zero-order chi connectivity index (χ0) is 30.2. The van der Waals surface area contributed by atoms with Gasteiger partial charge in [-0.15, -0.1) is 0 Å². The van der Waals surface area contributed by atoms with Gasteiger partial charge in [0.1, 0.15) is 28.1 Å². The first-order valence-corrected chi connectivity index (χ1v) is 15.7. The first-order valence-electron chi connectivity index (χ1n) is 12.6. The van der Waals surface area contributed by atoms with Crippen molar-refractivity contribution in [2.75, 3.05) is 23.3 Å². The molecule has 0 bridgehead atoms. The molecule has 0 atom stereocenters. The van der Waals surface area contributed by atoms with Crippen LogP contribution in [-0.4, -0.2) is 34.7 Å². The fourth-order valence-corrected chi connectivity index (χ4v) is 6.48. The van der Waals surface area contributed by atoms with Gasteiger partial charge in [-0.1, -0.05) is 31.2 Å². The molecule has 5 rings (SSSR count). The van der Waals surface area contributed by atoms with Crippen molar-refractivity contribution in [3.05, 3.63) is 96.6 Å². The summed E-state index contributed by atoms with van der Waals surface area (Å²) in [5, 5.41) is 0.730. The van der Waals surface area contributed by atoms with E-state index in [2.05, 4.69) is 9.71 Å². The van der Waals surface area contributed by atoms with E-state index in [1.165, 1.54) is 25.3 Å². The molecule has 0 amide bonds. The normalized spacial score (nSPS) is 11.9. The molecular weight excluding hydrogens is 584 g/mol. The average molecular weight is 610 g/mol. The fraction of sp³-hybridized carbons (Fsp3) is 0.100. The van der Waals surface area contributed by atoms with E-state index in [1.807, 2.05) is 12.1 Å². The van der Waals surface area contributed by atoms with Crippen molar-refractivity contribution in [2.45, 2.75) is 16.7 Å². The van der Waals surface area contributed by atoms with Crippen LogP contribution in [0.2, 0.25) is 0 Å². The molecule has 0 aliphatic heterocycles. The van der Waals surface area contributed by atoms with Crippen LogP contribution in [0.25, 0.3) is 33.2 Å². The molecule has 0 aliphatic carbocycles. The highest BCUT2D eigenvalue weighted by molar-refractivity contribution is 7.92. The molecule has 12 heteroatoms. The Morgan fingerprint density at radius 3 is 2.17 bits per heavy atom. The number of nitrogens with zero attached hydrogens (tertiary/aromatic N) is 1. The van der Waals surface area contributed by atoms with Crippen LogP contribution in [-0.2, 0) is 19.9 Å². The maximum Gasteiger partial charge on any atom is 0.264 e. The van der Waals surface area contributed by atoms with Crippen LogP contribution in [0.3, 0.4) is 0 Å². The lowest BCUT2D eigenvalue weighted by Crippen LogP contribution is -2.15. The van der Waals surface area contributed by atoms with Gasteiger partial charge in [0.05, 0.1) is 29.0 Å². The zero-order valence-corrected chi connectivity index (χ0v) is 24.1. The van der Waals surface area contributed by atoms with Crippen LogP contribution in [0.5, 0.6) is 5.75 Å². The van der Waals surface area contributed by atoms with Crippen LogP contribution in [0.15, 0.2) is 94.7 Å². The number of sulfonamides is 1. The van der Waals surface area contributed by atoms with Crippen molar-refractivity contribution in [2.24, 2.45) is 0 Å². The van der Waals surface area contributed by atoms with Gasteiger partial charge in [0, 0.05) is 17.0 Å². The van der Waals surface area contributed by atoms with E-state index in [-0.39, 0.29) is 27.9 Å². The summed E-state index contributed by atoms with van der Waals surface area (Å²) in [7, 11) is -6.40. The number of ether oxygens (including phenoxy) is 1. The number of methoxy groups -OCH3 is 1. The second kappa shape index (κ2) is 11.0. The predicted octanol–water partition coefficient (Wildman–Crippen LogP) is 6.03. The Labute approximate surface area is 241 Å². The largest absolute Gasteiger partial charge is 0.495 e. The van der Waals surface area contributed by atoms with E-state index in [0.717, 1.165) is 17.5 Å². The maximum atomic E-state index is 14.3. The predicted molar refractivity (Wildman–Crippen MR) is 158 cm³/mol. The van der Waals surface area contributed by atoms with E-state index in [0.29, 0.717) is 33.8 Å². The van der Waals surface area contributed by atoms with Gasteiger partial charge in [-0.3, -0.25) is 4.72 Å².